The Bertz CT molecular complexity index is 375. The number of nitrogens with zero attached hydrogens (tertiary/aromatic N) is 2. The number of hydrazine groups is 1. The molecular formula is C5H7N5O3S. The van der Waals surface area contributed by atoms with Crippen molar-refractivity contribution in [1.29, 1.82) is 0 Å². The summed E-state index contributed by atoms with van der Waals surface area (Å²) in [5, 5.41) is 13.8. The molecule has 0 aliphatic heterocycles. The molecule has 1 aromatic heterocycles. The summed E-state index contributed by atoms with van der Waals surface area (Å²) in [5.41, 5.74) is 9.29. The summed E-state index contributed by atoms with van der Waals surface area (Å²) in [5.74, 6) is -0.659. The Hall–Kier alpha value is -1.90. The number of amides is 1. The molecule has 0 aliphatic carbocycles. The van der Waals surface area contributed by atoms with Gasteiger partial charge in [0.2, 0.25) is 5.69 Å². The first kappa shape index (κ1) is 10.2. The molecule has 0 bridgehead atoms. The van der Waals surface area contributed by atoms with E-state index >= 15 is 0 Å². The van der Waals surface area contributed by atoms with Crippen LogP contribution in [0.3, 0.4) is 0 Å². The minimum Gasteiger partial charge on any atom is -0.375 e. The van der Waals surface area contributed by atoms with Crippen LogP contribution in [0.2, 0.25) is 0 Å². The maximum Gasteiger partial charge on any atom is 0.320 e. The van der Waals surface area contributed by atoms with E-state index in [1.54, 1.807) is 0 Å². The third-order valence-electron chi connectivity index (χ3n) is 1.34. The summed E-state index contributed by atoms with van der Waals surface area (Å²) in [7, 11) is 0. The maximum absolute atomic E-state index is 11.2. The van der Waals surface area contributed by atoms with E-state index in [1.165, 1.54) is 6.92 Å². The molecule has 0 spiro atoms. The van der Waals surface area contributed by atoms with Crippen LogP contribution >= 0.6 is 12.2 Å². The Balaban J connectivity index is 2.70. The highest BCUT2D eigenvalue weighted by Crippen LogP contribution is 1.96. The van der Waals surface area contributed by atoms with Crippen molar-refractivity contribution in [2.75, 3.05) is 0 Å². The standard InChI is InChI=1S/C5H7N5O3S/c1-2-3(9-13-10(2)12)4(11)7-8-5(6)14/h1H3,(H,7,11)(H3,6,8,14). The average molecular weight is 217 g/mol. The van der Waals surface area contributed by atoms with Gasteiger partial charge in [-0.2, -0.15) is 0 Å². The first-order valence-corrected chi connectivity index (χ1v) is 3.85. The van der Waals surface area contributed by atoms with Gasteiger partial charge in [-0.05, 0) is 17.1 Å². The lowest BCUT2D eigenvalue weighted by molar-refractivity contribution is -0.806. The van der Waals surface area contributed by atoms with Crippen LogP contribution in [0.4, 0.5) is 0 Å². The number of nitrogens with two attached hydrogens (primary N) is 1. The van der Waals surface area contributed by atoms with E-state index < -0.39 is 5.91 Å². The molecule has 0 fully saturated rings. The van der Waals surface area contributed by atoms with Crippen LogP contribution in [-0.2, 0) is 0 Å². The normalized spacial score (nSPS) is 9.50. The van der Waals surface area contributed by atoms with Gasteiger partial charge >= 0.3 is 11.6 Å². The summed E-state index contributed by atoms with van der Waals surface area (Å²) in [4.78, 5) is 11.3. The van der Waals surface area contributed by atoms with Crippen molar-refractivity contribution in [2.45, 2.75) is 6.92 Å². The lowest BCUT2D eigenvalue weighted by Gasteiger charge is -2.01. The lowest BCUT2D eigenvalue weighted by atomic mass is 10.3. The number of aromatic nitrogens is 2. The van der Waals surface area contributed by atoms with Gasteiger partial charge in [-0.3, -0.25) is 20.3 Å². The number of carbonyl (C=O) groups excluding carboxylic acids is 1. The van der Waals surface area contributed by atoms with E-state index in [0.29, 0.717) is 0 Å². The quantitative estimate of drug-likeness (QED) is 0.285. The Labute approximate surface area is 83.6 Å². The number of hydrogen-bond donors (Lipinski definition) is 3. The summed E-state index contributed by atoms with van der Waals surface area (Å²) in [6, 6.07) is 0. The third-order valence-corrected chi connectivity index (χ3v) is 1.44. The van der Waals surface area contributed by atoms with Gasteiger partial charge < -0.3 is 10.9 Å². The van der Waals surface area contributed by atoms with E-state index in [9.17, 15) is 10.0 Å². The van der Waals surface area contributed by atoms with Crippen LogP contribution in [-0.4, -0.2) is 16.2 Å². The van der Waals surface area contributed by atoms with Crippen LogP contribution < -0.4 is 21.5 Å². The van der Waals surface area contributed by atoms with Crippen LogP contribution in [0.15, 0.2) is 4.63 Å². The topological polar surface area (TPSA) is 120 Å². The molecule has 9 heteroatoms. The lowest BCUT2D eigenvalue weighted by Crippen LogP contribution is -2.44. The molecule has 76 valence electrons. The van der Waals surface area contributed by atoms with E-state index in [1.807, 2.05) is 0 Å². The first-order chi connectivity index (χ1) is 6.52. The Kier molecular flexibility index (Phi) is 2.82. The van der Waals surface area contributed by atoms with Gasteiger partial charge in [0, 0.05) is 6.92 Å². The smallest absolute Gasteiger partial charge is 0.320 e. The molecule has 0 saturated carbocycles. The molecule has 0 aliphatic rings. The van der Waals surface area contributed by atoms with Gasteiger partial charge in [0.05, 0.1) is 5.16 Å². The Morgan fingerprint density at radius 3 is 2.79 bits per heavy atom. The average Bonchev–Trinajstić information content (AvgIpc) is 2.44. The van der Waals surface area contributed by atoms with Crippen LogP contribution in [0.1, 0.15) is 16.2 Å². The molecule has 0 saturated heterocycles. The highest BCUT2D eigenvalue weighted by atomic mass is 32.1. The second kappa shape index (κ2) is 3.87. The van der Waals surface area contributed by atoms with Crippen LogP contribution in [0.25, 0.3) is 0 Å². The summed E-state index contributed by atoms with van der Waals surface area (Å²) >= 11 is 4.44. The van der Waals surface area contributed by atoms with E-state index in [2.05, 4.69) is 32.9 Å². The van der Waals surface area contributed by atoms with Gasteiger partial charge in [-0.1, -0.05) is 0 Å². The van der Waals surface area contributed by atoms with Crippen molar-refractivity contribution in [3.05, 3.63) is 16.6 Å². The van der Waals surface area contributed by atoms with Gasteiger partial charge in [0.15, 0.2) is 5.11 Å². The molecule has 8 nitrogen and oxygen atoms in total. The monoisotopic (exact) mass is 217 g/mol. The molecule has 1 amide bonds. The fourth-order valence-electron chi connectivity index (χ4n) is 0.675. The highest BCUT2D eigenvalue weighted by molar-refractivity contribution is 7.80. The molecule has 14 heavy (non-hydrogen) atoms. The number of thiocarbonyl (C=S) groups is 1. The SMILES string of the molecule is Cc1c(C(=O)NNC(N)=S)no[n+]1[O-]. The second-order valence-electron chi connectivity index (χ2n) is 2.31. The zero-order chi connectivity index (χ0) is 10.7. The van der Waals surface area contributed by atoms with Gasteiger partial charge in [-0.15, -0.1) is 0 Å². The fourth-order valence-corrected chi connectivity index (χ4v) is 0.726. The zero-order valence-electron chi connectivity index (χ0n) is 7.10. The Morgan fingerprint density at radius 1 is 1.71 bits per heavy atom. The van der Waals surface area contributed by atoms with E-state index in [4.69, 9.17) is 5.73 Å². The first-order valence-electron chi connectivity index (χ1n) is 3.44. The summed E-state index contributed by atoms with van der Waals surface area (Å²) < 4.78 is 4.18. The molecule has 0 unspecified atom stereocenters. The highest BCUT2D eigenvalue weighted by Gasteiger charge is 2.22. The van der Waals surface area contributed by atoms with E-state index in [0.717, 1.165) is 0 Å². The zero-order valence-corrected chi connectivity index (χ0v) is 7.92. The molecule has 1 rings (SSSR count). The van der Waals surface area contributed by atoms with Gasteiger partial charge in [-0.25, -0.2) is 0 Å². The molecule has 1 heterocycles. The largest absolute Gasteiger partial charge is 0.375 e. The third kappa shape index (κ3) is 2.07. The van der Waals surface area contributed by atoms with Gasteiger partial charge in [0.25, 0.3) is 0 Å². The Morgan fingerprint density at radius 2 is 2.36 bits per heavy atom. The summed E-state index contributed by atoms with van der Waals surface area (Å²) in [6.07, 6.45) is 0. The number of carbonyl (C=O) groups is 1. The van der Waals surface area contributed by atoms with Crippen molar-refractivity contribution in [1.82, 2.24) is 16.0 Å². The molecule has 4 N–H and O–H groups in total. The minimum absolute atomic E-state index is 0.0484. The number of nitrogens with one attached hydrogen (secondary N) is 2. The minimum atomic E-state index is -0.659. The number of hydrogen-bond acceptors (Lipinski definition) is 5. The maximum atomic E-state index is 11.2. The van der Waals surface area contributed by atoms with Crippen molar-refractivity contribution >= 4 is 23.2 Å². The van der Waals surface area contributed by atoms with Crippen LogP contribution in [0.5, 0.6) is 0 Å². The predicted octanol–water partition coefficient (Wildman–Crippen LogP) is -1.91. The predicted molar refractivity (Wildman–Crippen MR) is 47.6 cm³/mol. The second-order valence-corrected chi connectivity index (χ2v) is 2.75. The van der Waals surface area contributed by atoms with Crippen molar-refractivity contribution in [3.8, 4) is 0 Å². The van der Waals surface area contributed by atoms with Crippen LogP contribution in [0, 0.1) is 12.1 Å². The molecule has 1 aromatic rings. The van der Waals surface area contributed by atoms with Crippen molar-refractivity contribution in [3.63, 3.8) is 0 Å². The molecule has 0 atom stereocenters. The molecular weight excluding hydrogens is 210 g/mol. The van der Waals surface area contributed by atoms with Crippen molar-refractivity contribution in [2.24, 2.45) is 5.73 Å². The summed E-state index contributed by atoms with van der Waals surface area (Å²) in [6.45, 7) is 1.39. The number of rotatable bonds is 1. The molecule has 0 radical (unpaired) electrons. The van der Waals surface area contributed by atoms with Crippen molar-refractivity contribution < 1.29 is 14.3 Å². The van der Waals surface area contributed by atoms with E-state index in [-0.39, 0.29) is 21.4 Å². The van der Waals surface area contributed by atoms with Gasteiger partial charge in [0.1, 0.15) is 0 Å². The molecule has 0 aromatic carbocycles. The fraction of sp³-hybridized carbons (Fsp3) is 0.200.